The molecule has 0 aliphatic carbocycles. The Morgan fingerprint density at radius 1 is 0.970 bits per heavy atom. The van der Waals surface area contributed by atoms with E-state index in [1.807, 2.05) is 12.1 Å². The Kier molecular flexibility index (Phi) is 5.96. The van der Waals surface area contributed by atoms with Gasteiger partial charge in [0.1, 0.15) is 5.60 Å². The van der Waals surface area contributed by atoms with Crippen LogP contribution in [0.25, 0.3) is 0 Å². The lowest BCUT2D eigenvalue weighted by Gasteiger charge is -2.40. The van der Waals surface area contributed by atoms with Crippen molar-refractivity contribution in [2.45, 2.75) is 30.0 Å². The van der Waals surface area contributed by atoms with E-state index in [9.17, 15) is 27.9 Å². The molecule has 2 aromatic carbocycles. The molecule has 33 heavy (non-hydrogen) atoms. The third-order valence-corrected chi connectivity index (χ3v) is 6.80. The molecule has 0 bridgehead atoms. The highest BCUT2D eigenvalue weighted by atomic mass is 19.4. The molecule has 0 spiro atoms. The molecule has 2 heterocycles. The fourth-order valence-corrected chi connectivity index (χ4v) is 4.48. The Hall–Kier alpha value is -2.91. The van der Waals surface area contributed by atoms with Crippen molar-refractivity contribution in [3.05, 3.63) is 70.8 Å². The van der Waals surface area contributed by atoms with E-state index >= 15 is 0 Å². The largest absolute Gasteiger partial charge is 0.481 e. The van der Waals surface area contributed by atoms with E-state index < -0.39 is 28.7 Å². The molecule has 0 unspecified atom stereocenters. The number of hydrogen-bond donors (Lipinski definition) is 1. The van der Waals surface area contributed by atoms with Gasteiger partial charge in [0.25, 0.3) is 5.91 Å². The summed E-state index contributed by atoms with van der Waals surface area (Å²) in [5, 5.41) is 9.92. The number of halogens is 3. The van der Waals surface area contributed by atoms with Crippen LogP contribution >= 0.6 is 0 Å². The molecule has 176 valence electrons. The second-order valence-electron chi connectivity index (χ2n) is 8.52. The summed E-state index contributed by atoms with van der Waals surface area (Å²) in [7, 11) is 1.61. The van der Waals surface area contributed by atoms with Gasteiger partial charge in [0.05, 0.1) is 24.2 Å². The van der Waals surface area contributed by atoms with Crippen molar-refractivity contribution >= 4 is 11.9 Å². The Morgan fingerprint density at radius 3 is 1.94 bits per heavy atom. The quantitative estimate of drug-likeness (QED) is 0.730. The Balaban J connectivity index is 1.47. The van der Waals surface area contributed by atoms with Gasteiger partial charge in [-0.2, -0.15) is 13.2 Å². The maximum absolute atomic E-state index is 13.0. The van der Waals surface area contributed by atoms with Gasteiger partial charge in [-0.1, -0.05) is 24.3 Å². The number of benzene rings is 2. The molecule has 2 saturated heterocycles. The minimum absolute atomic E-state index is 0.113. The van der Waals surface area contributed by atoms with Crippen LogP contribution in [0, 0.1) is 0 Å². The topological polar surface area (TPSA) is 76.1 Å². The number of nitrogens with zero attached hydrogens (tertiary/aromatic N) is 1. The molecule has 9 heteroatoms. The molecule has 2 aromatic rings. The van der Waals surface area contributed by atoms with E-state index in [0.717, 1.165) is 17.7 Å². The number of piperidine rings is 1. The van der Waals surface area contributed by atoms with Gasteiger partial charge in [0.15, 0.2) is 0 Å². The zero-order chi connectivity index (χ0) is 23.9. The van der Waals surface area contributed by atoms with Gasteiger partial charge in [-0.3, -0.25) is 9.59 Å². The molecule has 1 N–H and O–H groups in total. The Bertz CT molecular complexity index is 1020. The van der Waals surface area contributed by atoms with Crippen molar-refractivity contribution in [3.63, 3.8) is 0 Å². The maximum Gasteiger partial charge on any atom is 0.416 e. The van der Waals surface area contributed by atoms with Crippen molar-refractivity contribution in [3.8, 4) is 0 Å². The standard InChI is InChI=1S/C24H24F3NO5/c1-32-23(14-33-15-23)18-4-2-16(3-5-18)20(29)28-12-10-22(11-13-28,21(30)31)17-6-8-19(9-7-17)24(25,26)27/h2-9H,10-15H2,1H3,(H,30,31). The SMILES string of the molecule is COC1(c2ccc(C(=O)N3CCC(C(=O)O)(c4ccc(C(F)(F)F)cc4)CC3)cc2)COC1. The van der Waals surface area contributed by atoms with Crippen LogP contribution in [0.1, 0.15) is 39.9 Å². The second kappa shape index (κ2) is 8.46. The first kappa shape index (κ1) is 23.3. The van der Waals surface area contributed by atoms with E-state index in [4.69, 9.17) is 9.47 Å². The fourth-order valence-electron chi connectivity index (χ4n) is 4.48. The molecule has 0 atom stereocenters. The van der Waals surface area contributed by atoms with Crippen LogP contribution in [-0.2, 0) is 31.5 Å². The van der Waals surface area contributed by atoms with Gasteiger partial charge in [-0.05, 0) is 48.2 Å². The summed E-state index contributed by atoms with van der Waals surface area (Å²) < 4.78 is 49.4. The summed E-state index contributed by atoms with van der Waals surface area (Å²) in [5.74, 6) is -1.32. The van der Waals surface area contributed by atoms with Crippen LogP contribution in [0.2, 0.25) is 0 Å². The van der Waals surface area contributed by atoms with Gasteiger partial charge < -0.3 is 19.5 Å². The highest BCUT2D eigenvalue weighted by Gasteiger charge is 2.45. The number of amides is 1. The van der Waals surface area contributed by atoms with E-state index in [1.54, 1.807) is 24.1 Å². The van der Waals surface area contributed by atoms with E-state index in [1.165, 1.54) is 12.1 Å². The second-order valence-corrected chi connectivity index (χ2v) is 8.52. The lowest BCUT2D eigenvalue weighted by molar-refractivity contribution is -0.202. The first-order valence-corrected chi connectivity index (χ1v) is 10.6. The number of alkyl halides is 3. The third kappa shape index (κ3) is 4.11. The van der Waals surface area contributed by atoms with Gasteiger partial charge in [-0.15, -0.1) is 0 Å². The minimum Gasteiger partial charge on any atom is -0.481 e. The molecule has 6 nitrogen and oxygen atoms in total. The average Bonchev–Trinajstić information content (AvgIpc) is 2.78. The molecule has 0 saturated carbocycles. The predicted octanol–water partition coefficient (Wildman–Crippen LogP) is 3.84. The van der Waals surface area contributed by atoms with Crippen LogP contribution < -0.4 is 0 Å². The van der Waals surface area contributed by atoms with Crippen LogP contribution in [0.15, 0.2) is 48.5 Å². The van der Waals surface area contributed by atoms with Crippen LogP contribution in [-0.4, -0.2) is 55.3 Å². The summed E-state index contributed by atoms with van der Waals surface area (Å²) in [5.41, 5.74) is -0.949. The summed E-state index contributed by atoms with van der Waals surface area (Å²) in [6.45, 7) is 1.27. The molecule has 0 aromatic heterocycles. The smallest absolute Gasteiger partial charge is 0.416 e. The minimum atomic E-state index is -4.49. The number of carbonyl (C=O) groups is 2. The molecule has 4 rings (SSSR count). The Morgan fingerprint density at radius 2 is 1.52 bits per heavy atom. The van der Waals surface area contributed by atoms with Crippen molar-refractivity contribution < 1.29 is 37.3 Å². The zero-order valence-electron chi connectivity index (χ0n) is 18.0. The van der Waals surface area contributed by atoms with Gasteiger partial charge in [0, 0.05) is 25.8 Å². The van der Waals surface area contributed by atoms with Gasteiger partial charge >= 0.3 is 12.1 Å². The number of carboxylic acids is 1. The van der Waals surface area contributed by atoms with Crippen molar-refractivity contribution in [2.75, 3.05) is 33.4 Å². The lowest BCUT2D eigenvalue weighted by Crippen LogP contribution is -2.49. The Labute approximate surface area is 188 Å². The molecule has 2 aliphatic heterocycles. The summed E-state index contributed by atoms with van der Waals surface area (Å²) in [6.07, 6.45) is -4.27. The number of hydrogen-bond acceptors (Lipinski definition) is 4. The molecule has 2 fully saturated rings. The number of aliphatic carboxylic acids is 1. The van der Waals surface area contributed by atoms with Crippen molar-refractivity contribution in [1.82, 2.24) is 4.90 Å². The first-order valence-electron chi connectivity index (χ1n) is 10.6. The predicted molar refractivity (Wildman–Crippen MR) is 112 cm³/mol. The highest BCUT2D eigenvalue weighted by molar-refractivity contribution is 5.94. The van der Waals surface area contributed by atoms with Crippen molar-refractivity contribution in [2.24, 2.45) is 0 Å². The van der Waals surface area contributed by atoms with Crippen LogP contribution in [0.4, 0.5) is 13.2 Å². The van der Waals surface area contributed by atoms with Crippen molar-refractivity contribution in [1.29, 1.82) is 0 Å². The van der Waals surface area contributed by atoms with E-state index in [-0.39, 0.29) is 31.8 Å². The van der Waals surface area contributed by atoms with Gasteiger partial charge in [0.2, 0.25) is 0 Å². The lowest BCUT2D eigenvalue weighted by atomic mass is 9.72. The average molecular weight is 463 g/mol. The number of carbonyl (C=O) groups excluding carboxylic acids is 1. The number of carboxylic acid groups (broad SMARTS) is 1. The van der Waals surface area contributed by atoms with Gasteiger partial charge in [-0.25, -0.2) is 0 Å². The molecular weight excluding hydrogens is 439 g/mol. The summed E-state index contributed by atoms with van der Waals surface area (Å²) in [6, 6.07) is 11.3. The summed E-state index contributed by atoms with van der Waals surface area (Å²) in [4.78, 5) is 26.7. The number of methoxy groups -OCH3 is 1. The number of rotatable bonds is 5. The molecular formula is C24H24F3NO5. The summed E-state index contributed by atoms with van der Waals surface area (Å²) >= 11 is 0. The maximum atomic E-state index is 13.0. The van der Waals surface area contributed by atoms with Crippen LogP contribution in [0.5, 0.6) is 0 Å². The fraction of sp³-hybridized carbons (Fsp3) is 0.417. The molecule has 2 aliphatic rings. The molecule has 0 radical (unpaired) electrons. The normalized spacial score (nSPS) is 19.6. The monoisotopic (exact) mass is 463 g/mol. The highest BCUT2D eigenvalue weighted by Crippen LogP contribution is 2.38. The van der Waals surface area contributed by atoms with E-state index in [2.05, 4.69) is 0 Å². The van der Waals surface area contributed by atoms with E-state index in [0.29, 0.717) is 24.3 Å². The number of ether oxygens (including phenoxy) is 2. The number of likely N-dealkylation sites (tertiary alicyclic amines) is 1. The molecule has 1 amide bonds. The first-order chi connectivity index (χ1) is 15.6. The zero-order valence-corrected chi connectivity index (χ0v) is 18.0. The van der Waals surface area contributed by atoms with Crippen LogP contribution in [0.3, 0.4) is 0 Å². The third-order valence-electron chi connectivity index (χ3n) is 6.80.